The van der Waals surface area contributed by atoms with Crippen LogP contribution in [0.2, 0.25) is 0 Å². The molecule has 5 aliphatic rings. The van der Waals surface area contributed by atoms with Gasteiger partial charge in [-0.1, -0.05) is 20.4 Å². The van der Waals surface area contributed by atoms with Crippen molar-refractivity contribution in [1.29, 1.82) is 5.26 Å². The lowest BCUT2D eigenvalue weighted by molar-refractivity contribution is -0.130. The molecule has 248 valence electrons. The molecule has 44 heavy (non-hydrogen) atoms. The monoisotopic (exact) mass is 625 g/mol. The lowest BCUT2D eigenvalue weighted by Crippen LogP contribution is -2.49. The number of nitrogens with zero attached hydrogens (tertiary/aromatic N) is 6. The number of ether oxygens (including phenoxy) is 2. The fraction of sp³-hybridized carbons (Fsp3) is 0.800. The first kappa shape index (κ1) is 35.5. The fourth-order valence-electron chi connectivity index (χ4n) is 6.35. The number of urea groups is 1. The summed E-state index contributed by atoms with van der Waals surface area (Å²) in [5.41, 5.74) is -1.34. The van der Waals surface area contributed by atoms with E-state index in [1.165, 1.54) is 23.9 Å². The summed E-state index contributed by atoms with van der Waals surface area (Å²) in [7, 11) is 3.99. The Hall–Kier alpha value is -3.02. The summed E-state index contributed by atoms with van der Waals surface area (Å²) in [6.07, 6.45) is 5.99. The predicted octanol–water partition coefficient (Wildman–Crippen LogP) is 1.59. The normalized spacial score (nSPS) is 29.8. The van der Waals surface area contributed by atoms with Crippen molar-refractivity contribution in [3.05, 3.63) is 12.7 Å². The maximum Gasteiger partial charge on any atom is 0.320 e. The molecule has 0 aromatic rings. The van der Waals surface area contributed by atoms with Crippen LogP contribution in [0.25, 0.3) is 0 Å². The van der Waals surface area contributed by atoms with E-state index >= 15 is 0 Å². The Labute approximate surface area is 259 Å². The van der Waals surface area contributed by atoms with E-state index < -0.39 is 24.2 Å². The van der Waals surface area contributed by atoms with Gasteiger partial charge in [-0.25, -0.2) is 13.6 Å². The van der Waals surface area contributed by atoms with Gasteiger partial charge in [-0.2, -0.15) is 5.26 Å². The summed E-state index contributed by atoms with van der Waals surface area (Å²) in [5.74, 6) is -2.42. The average Bonchev–Trinajstić information content (AvgIpc) is 3.38. The highest BCUT2D eigenvalue weighted by Crippen LogP contribution is 2.53. The van der Waals surface area contributed by atoms with Gasteiger partial charge in [0.15, 0.2) is 11.8 Å². The van der Waals surface area contributed by atoms with Gasteiger partial charge in [0.2, 0.25) is 12.3 Å². The largest absolute Gasteiger partial charge is 0.377 e. The van der Waals surface area contributed by atoms with Crippen molar-refractivity contribution >= 4 is 18.3 Å². The van der Waals surface area contributed by atoms with Gasteiger partial charge in [0.25, 0.3) is 5.92 Å². The van der Waals surface area contributed by atoms with E-state index in [-0.39, 0.29) is 30.1 Å². The van der Waals surface area contributed by atoms with Gasteiger partial charge < -0.3 is 39.3 Å². The second-order valence-corrected chi connectivity index (χ2v) is 12.6. The van der Waals surface area contributed by atoms with Crippen LogP contribution in [-0.2, 0) is 19.1 Å². The molecule has 5 rings (SSSR count). The van der Waals surface area contributed by atoms with E-state index in [0.29, 0.717) is 58.0 Å². The number of likely N-dealkylation sites (N-methyl/N-ethyl adjacent to an activating group) is 1. The van der Waals surface area contributed by atoms with Crippen molar-refractivity contribution in [2.45, 2.75) is 69.3 Å². The minimum absolute atomic E-state index is 0.0453. The number of carbonyl (C=O) groups is 3. The van der Waals surface area contributed by atoms with Crippen LogP contribution in [0.5, 0.6) is 0 Å². The maximum atomic E-state index is 14.0. The van der Waals surface area contributed by atoms with Crippen LogP contribution in [-0.4, -0.2) is 152 Å². The third-order valence-electron chi connectivity index (χ3n) is 9.59. The average molecular weight is 626 g/mol. The van der Waals surface area contributed by atoms with Gasteiger partial charge in [-0.3, -0.25) is 9.59 Å². The topological polar surface area (TPSA) is 125 Å². The lowest BCUT2D eigenvalue weighted by Gasteiger charge is -2.33. The Kier molecular flexibility index (Phi) is 12.0. The minimum Gasteiger partial charge on any atom is -0.377 e. The molecule has 5 aliphatic heterocycles. The number of alkyl halides is 2. The number of nitrogens with one attached hydrogen (secondary N) is 1. The highest BCUT2D eigenvalue weighted by molar-refractivity contribution is 5.87. The molecular weight excluding hydrogens is 576 g/mol. The Balaban J connectivity index is 0.000000196. The van der Waals surface area contributed by atoms with Crippen LogP contribution in [0.3, 0.4) is 0 Å². The highest BCUT2D eigenvalue weighted by atomic mass is 19.3. The summed E-state index contributed by atoms with van der Waals surface area (Å²) in [6.45, 7) is 14.6. The number of likely N-dealkylation sites (tertiary alicyclic amines) is 3. The molecule has 5 saturated heterocycles. The van der Waals surface area contributed by atoms with Gasteiger partial charge in [-0.05, 0) is 45.2 Å². The first-order chi connectivity index (χ1) is 20.8. The Morgan fingerprint density at radius 3 is 2.05 bits per heavy atom. The molecular formula is C30H49F2N7O5. The van der Waals surface area contributed by atoms with Crippen molar-refractivity contribution in [3.8, 4) is 6.19 Å². The van der Waals surface area contributed by atoms with Crippen LogP contribution >= 0.6 is 0 Å². The van der Waals surface area contributed by atoms with Crippen molar-refractivity contribution in [2.24, 2.45) is 5.92 Å². The van der Waals surface area contributed by atoms with Crippen LogP contribution in [0.4, 0.5) is 13.6 Å². The van der Waals surface area contributed by atoms with Crippen molar-refractivity contribution in [1.82, 2.24) is 29.8 Å². The van der Waals surface area contributed by atoms with E-state index in [1.807, 2.05) is 13.3 Å². The van der Waals surface area contributed by atoms with E-state index in [2.05, 4.69) is 37.7 Å². The minimum atomic E-state index is -2.98. The predicted molar refractivity (Wildman–Crippen MR) is 160 cm³/mol. The molecule has 0 aromatic heterocycles. The molecule has 5 fully saturated rings. The van der Waals surface area contributed by atoms with E-state index in [1.54, 1.807) is 21.6 Å². The Morgan fingerprint density at radius 2 is 1.66 bits per heavy atom. The molecule has 14 heteroatoms. The fourth-order valence-corrected chi connectivity index (χ4v) is 6.35. The maximum absolute atomic E-state index is 14.0. The van der Waals surface area contributed by atoms with Crippen LogP contribution in [0.15, 0.2) is 12.7 Å². The summed E-state index contributed by atoms with van der Waals surface area (Å²) < 4.78 is 38.7. The molecule has 4 amide bonds. The number of nitriles is 1. The quantitative estimate of drug-likeness (QED) is 0.161. The number of hydrogen-bond acceptors (Lipinski definition) is 8. The SMILES string of the molecule is C=CC(=O)N1CCN(C=O)CC1.CC1OC12CN(C(=O)N1CCC(NC#N)CC1)CC2(F)F.COC1(C(C)C)CCN(C)C1. The van der Waals surface area contributed by atoms with E-state index in [9.17, 15) is 23.2 Å². The number of rotatable bonds is 5. The zero-order chi connectivity index (χ0) is 32.7. The molecule has 5 heterocycles. The lowest BCUT2D eigenvalue weighted by atomic mass is 9.89. The molecule has 1 spiro atoms. The van der Waals surface area contributed by atoms with Gasteiger partial charge in [0.05, 0.1) is 24.8 Å². The summed E-state index contributed by atoms with van der Waals surface area (Å²) in [5, 5.41) is 11.2. The Bertz CT molecular complexity index is 1060. The van der Waals surface area contributed by atoms with Crippen molar-refractivity contribution < 1.29 is 32.6 Å². The molecule has 3 atom stereocenters. The Morgan fingerprint density at radius 1 is 1.05 bits per heavy atom. The number of amides is 4. The molecule has 0 aliphatic carbocycles. The first-order valence-corrected chi connectivity index (χ1v) is 15.4. The van der Waals surface area contributed by atoms with Gasteiger partial charge in [0, 0.05) is 65.5 Å². The summed E-state index contributed by atoms with van der Waals surface area (Å²) in [6, 6.07) is -0.290. The third kappa shape index (κ3) is 7.97. The first-order valence-electron chi connectivity index (χ1n) is 15.4. The zero-order valence-electron chi connectivity index (χ0n) is 26.8. The van der Waals surface area contributed by atoms with Crippen molar-refractivity contribution in [3.63, 3.8) is 0 Å². The standard InChI is InChI=1S/C13H18F2N4O2.C9H19NO.C8H12N2O2/c1-9-12(21-9)6-19(7-13(12,14)15)11(20)18-4-2-10(3-5-18)17-8-16;1-8(2)9(11-4)5-6-10(3)7-9;1-2-8(12)10-5-3-9(7-11)4-6-10/h9-10,17H,2-7H2,1H3;8H,5-7H2,1-4H3;2,7H,1,3-6H2. The van der Waals surface area contributed by atoms with Crippen LogP contribution in [0, 0.1) is 17.4 Å². The smallest absolute Gasteiger partial charge is 0.320 e. The number of hydrogen-bond donors (Lipinski definition) is 1. The van der Waals surface area contributed by atoms with Crippen molar-refractivity contribution in [2.75, 3.05) is 79.6 Å². The third-order valence-corrected chi connectivity index (χ3v) is 9.59. The number of carbonyl (C=O) groups excluding carboxylic acids is 3. The number of piperidine rings is 1. The summed E-state index contributed by atoms with van der Waals surface area (Å²) in [4.78, 5) is 42.2. The van der Waals surface area contributed by atoms with Crippen LogP contribution in [0.1, 0.15) is 40.0 Å². The zero-order valence-corrected chi connectivity index (χ0v) is 26.8. The summed E-state index contributed by atoms with van der Waals surface area (Å²) >= 11 is 0. The molecule has 0 saturated carbocycles. The van der Waals surface area contributed by atoms with E-state index in [4.69, 9.17) is 14.7 Å². The molecule has 0 radical (unpaired) electrons. The van der Waals surface area contributed by atoms with E-state index in [0.717, 1.165) is 13.0 Å². The number of halogens is 2. The highest BCUT2D eigenvalue weighted by Gasteiger charge is 2.75. The van der Waals surface area contributed by atoms with Gasteiger partial charge in [0.1, 0.15) is 0 Å². The second-order valence-electron chi connectivity index (χ2n) is 12.6. The number of methoxy groups -OCH3 is 1. The molecule has 12 nitrogen and oxygen atoms in total. The second kappa shape index (κ2) is 14.8. The molecule has 0 bridgehead atoms. The number of piperazine rings is 1. The molecule has 3 unspecified atom stereocenters. The molecule has 0 aromatic carbocycles. The number of epoxide rings is 1. The van der Waals surface area contributed by atoms with Crippen LogP contribution < -0.4 is 5.32 Å². The van der Waals surface area contributed by atoms with Gasteiger partial charge >= 0.3 is 6.03 Å². The molecule has 1 N–H and O–H groups in total. The van der Waals surface area contributed by atoms with Gasteiger partial charge in [-0.15, -0.1) is 0 Å².